The van der Waals surface area contributed by atoms with E-state index in [1.54, 1.807) is 0 Å². The molecule has 0 aromatic heterocycles. The van der Waals surface area contributed by atoms with Crippen molar-refractivity contribution in [1.82, 2.24) is 0 Å². The highest BCUT2D eigenvalue weighted by molar-refractivity contribution is 6.83. The van der Waals surface area contributed by atoms with Crippen LogP contribution in [0.2, 0.25) is 19.6 Å². The molecule has 1 aliphatic rings. The molecule has 0 unspecified atom stereocenters. The van der Waals surface area contributed by atoms with Crippen molar-refractivity contribution in [3.05, 3.63) is 0 Å². The Morgan fingerprint density at radius 2 is 2.07 bits per heavy atom. The van der Waals surface area contributed by atoms with Crippen molar-refractivity contribution in [3.63, 3.8) is 0 Å². The molecular formula is C10H18O3Si. The molecule has 0 aliphatic carbocycles. The molecule has 0 saturated carbocycles. The molecule has 0 radical (unpaired) electrons. The Labute approximate surface area is 86.1 Å². The summed E-state index contributed by atoms with van der Waals surface area (Å²) in [5.74, 6) is 3.03. The zero-order valence-corrected chi connectivity index (χ0v) is 9.95. The van der Waals surface area contributed by atoms with E-state index in [4.69, 9.17) is 9.84 Å². The van der Waals surface area contributed by atoms with E-state index in [0.29, 0.717) is 6.42 Å². The Kier molecular flexibility index (Phi) is 3.73. The second-order valence-electron chi connectivity index (χ2n) is 4.67. The molecule has 0 aromatic carbocycles. The highest BCUT2D eigenvalue weighted by atomic mass is 28.3. The van der Waals surface area contributed by atoms with Gasteiger partial charge in [-0.25, -0.2) is 0 Å². The van der Waals surface area contributed by atoms with Gasteiger partial charge in [0.05, 0.1) is 12.7 Å². The molecular weight excluding hydrogens is 196 g/mol. The lowest BCUT2D eigenvalue weighted by molar-refractivity contribution is -0.00868. The molecule has 14 heavy (non-hydrogen) atoms. The molecule has 0 bridgehead atoms. The summed E-state index contributed by atoms with van der Waals surface area (Å²) in [6.07, 6.45) is -0.700. The monoisotopic (exact) mass is 214 g/mol. The van der Waals surface area contributed by atoms with Crippen molar-refractivity contribution in [2.45, 2.75) is 44.4 Å². The number of hydrogen-bond donors (Lipinski definition) is 2. The van der Waals surface area contributed by atoms with E-state index in [2.05, 4.69) is 31.1 Å². The van der Waals surface area contributed by atoms with Crippen LogP contribution in [0, 0.1) is 11.5 Å². The Balaban J connectivity index is 2.53. The van der Waals surface area contributed by atoms with Crippen molar-refractivity contribution in [3.8, 4) is 11.5 Å². The van der Waals surface area contributed by atoms with E-state index >= 15 is 0 Å². The van der Waals surface area contributed by atoms with Crippen LogP contribution in [0.5, 0.6) is 0 Å². The predicted octanol–water partition coefficient (Wildman–Crippen LogP) is 0.378. The number of hydrogen-bond acceptors (Lipinski definition) is 3. The van der Waals surface area contributed by atoms with Crippen molar-refractivity contribution in [2.24, 2.45) is 0 Å². The fraction of sp³-hybridized carbons (Fsp3) is 0.800. The first-order valence-electron chi connectivity index (χ1n) is 4.89. The molecule has 3 nitrogen and oxygen atoms in total. The molecule has 4 heteroatoms. The Bertz CT molecular complexity index is 248. The van der Waals surface area contributed by atoms with Crippen LogP contribution in [-0.4, -0.2) is 43.2 Å². The minimum atomic E-state index is -1.36. The highest BCUT2D eigenvalue weighted by Gasteiger charge is 2.32. The van der Waals surface area contributed by atoms with Gasteiger partial charge in [0.2, 0.25) is 0 Å². The van der Waals surface area contributed by atoms with Crippen LogP contribution in [-0.2, 0) is 4.74 Å². The largest absolute Gasteiger partial charge is 0.394 e. The van der Waals surface area contributed by atoms with E-state index in [9.17, 15) is 5.11 Å². The van der Waals surface area contributed by atoms with Crippen LogP contribution in [0.4, 0.5) is 0 Å². The maximum absolute atomic E-state index is 9.45. The molecule has 1 heterocycles. The van der Waals surface area contributed by atoms with Gasteiger partial charge in [-0.15, -0.1) is 5.54 Å². The first-order valence-corrected chi connectivity index (χ1v) is 8.39. The van der Waals surface area contributed by atoms with Gasteiger partial charge in [0, 0.05) is 6.42 Å². The highest BCUT2D eigenvalue weighted by Crippen LogP contribution is 2.19. The standard InChI is InChI=1S/C10H18O3Si/c1-14(2,3)5-4-8-6-9(12)10(7-11)13-8/h8-12H,6-7H2,1-3H3/t8-,9-,10+/m0/s1. The maximum Gasteiger partial charge on any atom is 0.129 e. The van der Waals surface area contributed by atoms with Gasteiger partial charge < -0.3 is 14.9 Å². The van der Waals surface area contributed by atoms with Crippen LogP contribution >= 0.6 is 0 Å². The van der Waals surface area contributed by atoms with Gasteiger partial charge in [-0.2, -0.15) is 0 Å². The molecule has 1 aliphatic heterocycles. The number of aliphatic hydroxyl groups is 2. The topological polar surface area (TPSA) is 49.7 Å². The van der Waals surface area contributed by atoms with Gasteiger partial charge in [-0.1, -0.05) is 25.6 Å². The van der Waals surface area contributed by atoms with E-state index < -0.39 is 20.3 Å². The molecule has 80 valence electrons. The van der Waals surface area contributed by atoms with Crippen LogP contribution in [0.1, 0.15) is 6.42 Å². The quantitative estimate of drug-likeness (QED) is 0.490. The summed E-state index contributed by atoms with van der Waals surface area (Å²) in [5, 5.41) is 18.3. The zero-order chi connectivity index (χ0) is 10.8. The SMILES string of the molecule is C[Si](C)(C)C#C[C@H]1C[C@H](O)[C@@H](CO)O1. The lowest BCUT2D eigenvalue weighted by Gasteiger charge is -2.09. The normalized spacial score (nSPS) is 32.5. The van der Waals surface area contributed by atoms with E-state index in [1.807, 2.05) is 0 Å². The van der Waals surface area contributed by atoms with Crippen LogP contribution in [0.25, 0.3) is 0 Å². The Morgan fingerprint density at radius 1 is 1.43 bits per heavy atom. The van der Waals surface area contributed by atoms with Crippen molar-refractivity contribution in [1.29, 1.82) is 0 Å². The van der Waals surface area contributed by atoms with Crippen molar-refractivity contribution in [2.75, 3.05) is 6.61 Å². The smallest absolute Gasteiger partial charge is 0.129 e. The summed E-state index contributed by atoms with van der Waals surface area (Å²) in [6, 6.07) is 0. The third-order valence-electron chi connectivity index (χ3n) is 2.01. The average molecular weight is 214 g/mol. The maximum atomic E-state index is 9.45. The Morgan fingerprint density at radius 3 is 2.50 bits per heavy atom. The van der Waals surface area contributed by atoms with Gasteiger partial charge in [-0.05, 0) is 0 Å². The molecule has 1 saturated heterocycles. The summed E-state index contributed by atoms with van der Waals surface area (Å²) < 4.78 is 5.37. The minimum Gasteiger partial charge on any atom is -0.394 e. The fourth-order valence-electron chi connectivity index (χ4n) is 1.28. The summed E-state index contributed by atoms with van der Waals surface area (Å²) in [7, 11) is -1.36. The van der Waals surface area contributed by atoms with Crippen molar-refractivity contribution >= 4 is 8.07 Å². The van der Waals surface area contributed by atoms with E-state index in [-0.39, 0.29) is 12.7 Å². The van der Waals surface area contributed by atoms with E-state index in [0.717, 1.165) is 0 Å². The molecule has 0 aromatic rings. The van der Waals surface area contributed by atoms with Crippen LogP contribution < -0.4 is 0 Å². The second-order valence-corrected chi connectivity index (χ2v) is 9.42. The summed E-state index contributed by atoms with van der Waals surface area (Å²) in [6.45, 7) is 6.35. The molecule has 0 spiro atoms. The number of aliphatic hydroxyl groups excluding tert-OH is 2. The molecule has 1 fully saturated rings. The summed E-state index contributed by atoms with van der Waals surface area (Å²) in [4.78, 5) is 0. The summed E-state index contributed by atoms with van der Waals surface area (Å²) >= 11 is 0. The fourth-order valence-corrected chi connectivity index (χ4v) is 1.88. The molecule has 2 N–H and O–H groups in total. The minimum absolute atomic E-state index is 0.133. The zero-order valence-electron chi connectivity index (χ0n) is 8.95. The first-order chi connectivity index (χ1) is 6.42. The number of rotatable bonds is 1. The first kappa shape index (κ1) is 11.7. The van der Waals surface area contributed by atoms with Crippen LogP contribution in [0.15, 0.2) is 0 Å². The van der Waals surface area contributed by atoms with Gasteiger partial charge in [-0.3, -0.25) is 0 Å². The van der Waals surface area contributed by atoms with E-state index in [1.165, 1.54) is 0 Å². The van der Waals surface area contributed by atoms with Gasteiger partial charge in [0.15, 0.2) is 0 Å². The van der Waals surface area contributed by atoms with Crippen LogP contribution in [0.3, 0.4) is 0 Å². The third kappa shape index (κ3) is 3.43. The second kappa shape index (κ2) is 4.45. The van der Waals surface area contributed by atoms with Gasteiger partial charge in [0.25, 0.3) is 0 Å². The summed E-state index contributed by atoms with van der Waals surface area (Å²) in [5.41, 5.74) is 3.20. The average Bonchev–Trinajstić information content (AvgIpc) is 2.42. The third-order valence-corrected chi connectivity index (χ3v) is 2.91. The van der Waals surface area contributed by atoms with Gasteiger partial charge >= 0.3 is 0 Å². The van der Waals surface area contributed by atoms with Crippen molar-refractivity contribution < 1.29 is 14.9 Å². The molecule has 0 amide bonds. The Hall–Kier alpha value is -0.343. The molecule has 1 rings (SSSR count). The van der Waals surface area contributed by atoms with Gasteiger partial charge in [0.1, 0.15) is 20.3 Å². The lowest BCUT2D eigenvalue weighted by atomic mass is 10.1. The number of ether oxygens (including phenoxy) is 1. The predicted molar refractivity (Wildman–Crippen MR) is 57.5 cm³/mol. The molecule has 3 atom stereocenters. The lowest BCUT2D eigenvalue weighted by Crippen LogP contribution is -2.24.